The molecule has 0 radical (unpaired) electrons. The fourth-order valence-corrected chi connectivity index (χ4v) is 5.27. The van der Waals surface area contributed by atoms with Crippen LogP contribution in [-0.2, 0) is 14.3 Å². The highest BCUT2D eigenvalue weighted by Gasteiger charge is 2.64. The van der Waals surface area contributed by atoms with Crippen molar-refractivity contribution >= 4 is 11.9 Å². The first kappa shape index (κ1) is 22.8. The van der Waals surface area contributed by atoms with E-state index in [1.807, 2.05) is 13.0 Å². The van der Waals surface area contributed by atoms with Crippen LogP contribution in [0.2, 0.25) is 0 Å². The van der Waals surface area contributed by atoms with Gasteiger partial charge in [0.1, 0.15) is 0 Å². The summed E-state index contributed by atoms with van der Waals surface area (Å²) in [5, 5.41) is 23.4. The van der Waals surface area contributed by atoms with Crippen molar-refractivity contribution in [2.24, 2.45) is 23.7 Å². The number of amides is 1. The Balaban J connectivity index is 2.13. The molecular weight excluding hydrogens is 382 g/mol. The molecule has 0 aromatic heterocycles. The van der Waals surface area contributed by atoms with Crippen LogP contribution in [0.5, 0.6) is 0 Å². The Bertz CT molecular complexity index is 782. The molecular formula is C24H35NO5. The number of aliphatic hydroxyl groups excluding tert-OH is 2. The molecule has 0 saturated carbocycles. The minimum atomic E-state index is -1.32. The van der Waals surface area contributed by atoms with Crippen molar-refractivity contribution < 1.29 is 24.5 Å². The minimum Gasteiger partial charge on any atom is -0.444 e. The summed E-state index contributed by atoms with van der Waals surface area (Å²) < 4.78 is 5.99. The van der Waals surface area contributed by atoms with E-state index >= 15 is 0 Å². The van der Waals surface area contributed by atoms with Gasteiger partial charge in [-0.2, -0.15) is 0 Å². The Morgan fingerprint density at radius 2 is 1.93 bits per heavy atom. The number of esters is 1. The monoisotopic (exact) mass is 417 g/mol. The third-order valence-electron chi connectivity index (χ3n) is 6.91. The molecule has 1 amide bonds. The SMILES string of the molecule is CC1=C[C@H]2C=C(C)[C@@H](C)[C@H]3[C@H](CC(C)C)NC(=O)[C@@]23OC(=O)C=C[C@H](O)[C@H](O)CC1. The van der Waals surface area contributed by atoms with Gasteiger partial charge in [-0.1, -0.05) is 44.1 Å². The molecule has 0 unspecified atom stereocenters. The molecule has 7 atom stereocenters. The number of carbonyl (C=O) groups is 2. The molecule has 2 heterocycles. The Hall–Kier alpha value is -1.92. The van der Waals surface area contributed by atoms with Gasteiger partial charge >= 0.3 is 5.97 Å². The van der Waals surface area contributed by atoms with Crippen LogP contribution in [0.25, 0.3) is 0 Å². The van der Waals surface area contributed by atoms with E-state index in [-0.39, 0.29) is 29.7 Å². The van der Waals surface area contributed by atoms with Crippen LogP contribution in [0.15, 0.2) is 35.5 Å². The first-order valence-electron chi connectivity index (χ1n) is 11.0. The third kappa shape index (κ3) is 4.12. The third-order valence-corrected chi connectivity index (χ3v) is 6.91. The predicted octanol–water partition coefficient (Wildman–Crippen LogP) is 2.66. The molecule has 2 aliphatic heterocycles. The van der Waals surface area contributed by atoms with Crippen molar-refractivity contribution in [2.45, 2.75) is 77.7 Å². The molecule has 1 saturated heterocycles. The van der Waals surface area contributed by atoms with Crippen molar-refractivity contribution in [3.63, 3.8) is 0 Å². The molecule has 166 valence electrons. The van der Waals surface area contributed by atoms with Gasteiger partial charge < -0.3 is 20.3 Å². The van der Waals surface area contributed by atoms with Gasteiger partial charge in [0, 0.05) is 24.0 Å². The van der Waals surface area contributed by atoms with Crippen LogP contribution in [0.4, 0.5) is 0 Å². The van der Waals surface area contributed by atoms with Gasteiger partial charge in [-0.25, -0.2) is 4.79 Å². The average molecular weight is 418 g/mol. The Labute approximate surface area is 179 Å². The van der Waals surface area contributed by atoms with Crippen LogP contribution in [-0.4, -0.2) is 45.9 Å². The zero-order valence-corrected chi connectivity index (χ0v) is 18.6. The first-order chi connectivity index (χ1) is 14.1. The molecule has 1 aliphatic carbocycles. The largest absolute Gasteiger partial charge is 0.444 e. The van der Waals surface area contributed by atoms with Crippen molar-refractivity contribution in [2.75, 3.05) is 0 Å². The van der Waals surface area contributed by atoms with Gasteiger partial charge in [0.05, 0.1) is 12.2 Å². The molecule has 30 heavy (non-hydrogen) atoms. The highest BCUT2D eigenvalue weighted by Crippen LogP contribution is 2.50. The predicted molar refractivity (Wildman–Crippen MR) is 114 cm³/mol. The van der Waals surface area contributed by atoms with Gasteiger partial charge in [0.15, 0.2) is 0 Å². The molecule has 3 N–H and O–H groups in total. The van der Waals surface area contributed by atoms with Crippen LogP contribution in [0.1, 0.15) is 53.9 Å². The van der Waals surface area contributed by atoms with Crippen LogP contribution >= 0.6 is 0 Å². The topological polar surface area (TPSA) is 95.9 Å². The summed E-state index contributed by atoms with van der Waals surface area (Å²) in [6, 6.07) is -0.0792. The number of hydrogen-bond acceptors (Lipinski definition) is 5. The number of nitrogens with one attached hydrogen (secondary N) is 1. The van der Waals surface area contributed by atoms with E-state index in [1.54, 1.807) is 0 Å². The van der Waals surface area contributed by atoms with Crippen molar-refractivity contribution in [1.29, 1.82) is 0 Å². The minimum absolute atomic E-state index is 0.0785. The van der Waals surface area contributed by atoms with E-state index < -0.39 is 23.8 Å². The van der Waals surface area contributed by atoms with Gasteiger partial charge in [-0.05, 0) is 51.0 Å². The standard InChI is InChI=1S/C24H35NO5/c1-13(2)10-18-22-16(5)15(4)12-17-11-14(3)6-7-19(26)20(27)8-9-21(28)30-24(17,22)23(29)25-18/h8-9,11-13,16-20,22,26-27H,6-7,10H2,1-5H3,(H,25,29)/t16-,17+,18+,19-,20+,22+,24-/m1/s1. The lowest BCUT2D eigenvalue weighted by molar-refractivity contribution is -0.172. The van der Waals surface area contributed by atoms with E-state index in [4.69, 9.17) is 4.74 Å². The highest BCUT2D eigenvalue weighted by molar-refractivity contribution is 5.94. The summed E-state index contributed by atoms with van der Waals surface area (Å²) in [5.74, 6) is -1.02. The number of hydrogen-bond donors (Lipinski definition) is 3. The van der Waals surface area contributed by atoms with Crippen LogP contribution < -0.4 is 5.32 Å². The smallest absolute Gasteiger partial charge is 0.331 e. The van der Waals surface area contributed by atoms with Gasteiger partial charge in [0.2, 0.25) is 5.60 Å². The Kier molecular flexibility index (Phi) is 6.58. The maximum Gasteiger partial charge on any atom is 0.331 e. The van der Waals surface area contributed by atoms with Gasteiger partial charge in [-0.3, -0.25) is 4.79 Å². The molecule has 0 aromatic rings. The number of aliphatic hydroxyl groups is 2. The second kappa shape index (κ2) is 8.67. The second-order valence-corrected chi connectivity index (χ2v) is 9.64. The van der Waals surface area contributed by atoms with Gasteiger partial charge in [0.25, 0.3) is 5.91 Å². The quantitative estimate of drug-likeness (QED) is 0.474. The summed E-state index contributed by atoms with van der Waals surface area (Å²) in [6.45, 7) is 10.4. The summed E-state index contributed by atoms with van der Waals surface area (Å²) in [6.07, 6.45) is 6.06. The van der Waals surface area contributed by atoms with E-state index in [2.05, 4.69) is 39.1 Å². The van der Waals surface area contributed by atoms with Crippen LogP contribution in [0.3, 0.4) is 0 Å². The Morgan fingerprint density at radius 3 is 2.60 bits per heavy atom. The molecule has 0 aromatic carbocycles. The van der Waals surface area contributed by atoms with Crippen molar-refractivity contribution in [3.8, 4) is 0 Å². The molecule has 6 heteroatoms. The van der Waals surface area contributed by atoms with Crippen LogP contribution in [0, 0.1) is 23.7 Å². The van der Waals surface area contributed by atoms with Gasteiger partial charge in [-0.15, -0.1) is 0 Å². The fourth-order valence-electron chi connectivity index (χ4n) is 5.27. The maximum atomic E-state index is 13.4. The summed E-state index contributed by atoms with van der Waals surface area (Å²) >= 11 is 0. The van der Waals surface area contributed by atoms with E-state index in [9.17, 15) is 19.8 Å². The first-order valence-corrected chi connectivity index (χ1v) is 11.0. The molecule has 3 rings (SSSR count). The molecule has 1 spiro atoms. The lowest BCUT2D eigenvalue weighted by atomic mass is 9.63. The number of ether oxygens (including phenoxy) is 1. The van der Waals surface area contributed by atoms with E-state index in [1.165, 1.54) is 11.6 Å². The average Bonchev–Trinajstić information content (AvgIpc) is 2.93. The second-order valence-electron chi connectivity index (χ2n) is 9.64. The Morgan fingerprint density at radius 1 is 1.23 bits per heavy atom. The normalized spacial score (nSPS) is 39.7. The maximum absolute atomic E-state index is 13.4. The lowest BCUT2D eigenvalue weighted by Crippen LogP contribution is -2.56. The van der Waals surface area contributed by atoms with E-state index in [0.29, 0.717) is 18.8 Å². The summed E-state index contributed by atoms with van der Waals surface area (Å²) in [4.78, 5) is 26.2. The van der Waals surface area contributed by atoms with Crippen molar-refractivity contribution in [3.05, 3.63) is 35.5 Å². The molecule has 6 nitrogen and oxygen atoms in total. The number of allylic oxidation sites excluding steroid dienone is 2. The fraction of sp³-hybridized carbons (Fsp3) is 0.667. The zero-order chi connectivity index (χ0) is 22.2. The molecule has 0 bridgehead atoms. The number of rotatable bonds is 2. The molecule has 1 fully saturated rings. The summed E-state index contributed by atoms with van der Waals surface area (Å²) in [5.41, 5.74) is 0.858. The summed E-state index contributed by atoms with van der Waals surface area (Å²) in [7, 11) is 0. The van der Waals surface area contributed by atoms with Crippen molar-refractivity contribution in [1.82, 2.24) is 5.32 Å². The lowest BCUT2D eigenvalue weighted by Gasteiger charge is -2.45. The highest BCUT2D eigenvalue weighted by atomic mass is 16.6. The van der Waals surface area contributed by atoms with E-state index in [0.717, 1.165) is 18.1 Å². The zero-order valence-electron chi connectivity index (χ0n) is 18.6. The molecule has 3 aliphatic rings. The number of carbonyl (C=O) groups excluding carboxylic acids is 2.